The van der Waals surface area contributed by atoms with Crippen molar-refractivity contribution < 1.29 is 9.59 Å². The molecule has 2 amide bonds. The van der Waals surface area contributed by atoms with Gasteiger partial charge in [-0.15, -0.1) is 0 Å². The van der Waals surface area contributed by atoms with Crippen molar-refractivity contribution in [2.45, 2.75) is 25.9 Å². The molecule has 0 bridgehead atoms. The summed E-state index contributed by atoms with van der Waals surface area (Å²) in [5, 5.41) is 2.87. The number of carbonyl (C=O) groups is 2. The third kappa shape index (κ3) is 3.19. The maximum Gasteiger partial charge on any atom is 0.265 e. The average Bonchev–Trinajstić information content (AvgIpc) is 2.94. The van der Waals surface area contributed by atoms with Crippen LogP contribution in [0.3, 0.4) is 0 Å². The topological polar surface area (TPSA) is 80.4 Å². The predicted molar refractivity (Wildman–Crippen MR) is 92.6 cm³/mol. The van der Waals surface area contributed by atoms with Crippen LogP contribution in [0.25, 0.3) is 0 Å². The molecule has 1 atom stereocenters. The fourth-order valence-corrected chi connectivity index (χ4v) is 3.14. The molecular weight excluding hydrogens is 304 g/mol. The Morgan fingerprint density at radius 2 is 1.96 bits per heavy atom. The van der Waals surface area contributed by atoms with E-state index in [1.165, 1.54) is 11.1 Å². The molecule has 1 aliphatic rings. The van der Waals surface area contributed by atoms with Gasteiger partial charge in [-0.25, -0.2) is 0 Å². The number of nitrogens with two attached hydrogens (primary N) is 1. The fraction of sp³-hybridized carbons (Fsp3) is 0.333. The molecule has 1 aromatic carbocycles. The van der Waals surface area contributed by atoms with Gasteiger partial charge in [0.15, 0.2) is 0 Å². The van der Waals surface area contributed by atoms with E-state index in [0.29, 0.717) is 11.4 Å². The van der Waals surface area contributed by atoms with Gasteiger partial charge in [0.25, 0.3) is 5.91 Å². The van der Waals surface area contributed by atoms with E-state index in [1.807, 2.05) is 13.0 Å². The van der Waals surface area contributed by atoms with Crippen LogP contribution in [0.1, 0.15) is 28.5 Å². The average molecular weight is 326 g/mol. The van der Waals surface area contributed by atoms with Crippen molar-refractivity contribution in [2.24, 2.45) is 12.8 Å². The summed E-state index contributed by atoms with van der Waals surface area (Å²) >= 11 is 0. The SMILES string of the molecule is C[C@@H](C(=O)Nc1cc(C(N)=O)n(C)c1)N1CCc2ccccc2C1. The summed E-state index contributed by atoms with van der Waals surface area (Å²) in [6, 6.07) is 9.68. The van der Waals surface area contributed by atoms with Crippen LogP contribution >= 0.6 is 0 Å². The summed E-state index contributed by atoms with van der Waals surface area (Å²) in [5.74, 6) is -0.602. The Morgan fingerprint density at radius 1 is 1.25 bits per heavy atom. The van der Waals surface area contributed by atoms with E-state index < -0.39 is 5.91 Å². The van der Waals surface area contributed by atoms with Crippen molar-refractivity contribution in [2.75, 3.05) is 11.9 Å². The van der Waals surface area contributed by atoms with Crippen molar-refractivity contribution >= 4 is 17.5 Å². The number of rotatable bonds is 4. The number of amides is 2. The van der Waals surface area contributed by atoms with Gasteiger partial charge >= 0.3 is 0 Å². The molecule has 0 spiro atoms. The van der Waals surface area contributed by atoms with Crippen LogP contribution in [-0.2, 0) is 24.8 Å². The number of aromatic nitrogens is 1. The van der Waals surface area contributed by atoms with E-state index in [9.17, 15) is 9.59 Å². The quantitative estimate of drug-likeness (QED) is 0.894. The number of primary amides is 1. The highest BCUT2D eigenvalue weighted by atomic mass is 16.2. The van der Waals surface area contributed by atoms with Crippen LogP contribution in [0.4, 0.5) is 5.69 Å². The van der Waals surface area contributed by atoms with Gasteiger partial charge in [0, 0.05) is 26.3 Å². The summed E-state index contributed by atoms with van der Waals surface area (Å²) in [6.07, 6.45) is 2.64. The molecule has 0 unspecified atom stereocenters. The number of benzene rings is 1. The highest BCUT2D eigenvalue weighted by Crippen LogP contribution is 2.21. The zero-order valence-corrected chi connectivity index (χ0v) is 14.0. The van der Waals surface area contributed by atoms with Crippen molar-refractivity contribution in [3.8, 4) is 0 Å². The molecule has 2 heterocycles. The van der Waals surface area contributed by atoms with E-state index in [2.05, 4.69) is 28.4 Å². The first-order valence-electron chi connectivity index (χ1n) is 8.03. The maximum absolute atomic E-state index is 12.5. The number of aryl methyl sites for hydroxylation is 1. The number of carbonyl (C=O) groups excluding carboxylic acids is 2. The van der Waals surface area contributed by atoms with Crippen molar-refractivity contribution in [3.05, 3.63) is 53.3 Å². The summed E-state index contributed by atoms with van der Waals surface area (Å²) in [7, 11) is 1.72. The Balaban J connectivity index is 1.67. The van der Waals surface area contributed by atoms with Crippen LogP contribution < -0.4 is 11.1 Å². The van der Waals surface area contributed by atoms with Crippen LogP contribution in [0, 0.1) is 0 Å². The molecule has 6 nitrogen and oxygen atoms in total. The molecule has 3 N–H and O–H groups in total. The first kappa shape index (κ1) is 16.3. The molecule has 1 aromatic heterocycles. The monoisotopic (exact) mass is 326 g/mol. The van der Waals surface area contributed by atoms with Crippen LogP contribution in [0.2, 0.25) is 0 Å². The van der Waals surface area contributed by atoms with Gasteiger partial charge in [0.05, 0.1) is 11.7 Å². The summed E-state index contributed by atoms with van der Waals surface area (Å²) in [4.78, 5) is 26.0. The highest BCUT2D eigenvalue weighted by Gasteiger charge is 2.25. The third-order valence-electron chi connectivity index (χ3n) is 4.61. The van der Waals surface area contributed by atoms with Crippen LogP contribution in [0.5, 0.6) is 0 Å². The molecule has 2 aromatic rings. The molecule has 0 fully saturated rings. The molecule has 0 saturated heterocycles. The van der Waals surface area contributed by atoms with Gasteiger partial charge in [0.2, 0.25) is 5.91 Å². The van der Waals surface area contributed by atoms with Crippen LogP contribution in [0.15, 0.2) is 36.5 Å². The minimum absolute atomic E-state index is 0.0870. The number of anilines is 1. The Labute approximate surface area is 141 Å². The zero-order valence-electron chi connectivity index (χ0n) is 14.0. The number of nitrogens with zero attached hydrogens (tertiary/aromatic N) is 2. The second kappa shape index (κ2) is 6.49. The minimum atomic E-state index is -0.515. The number of hydrogen-bond acceptors (Lipinski definition) is 3. The lowest BCUT2D eigenvalue weighted by Gasteiger charge is -2.32. The number of fused-ring (bicyclic) bond motifs is 1. The van der Waals surface area contributed by atoms with Crippen molar-refractivity contribution in [3.63, 3.8) is 0 Å². The molecular formula is C18H22N4O2. The Morgan fingerprint density at radius 3 is 2.62 bits per heavy atom. The highest BCUT2D eigenvalue weighted by molar-refractivity contribution is 5.97. The predicted octanol–water partition coefficient (Wildman–Crippen LogP) is 1.51. The number of nitrogens with one attached hydrogen (secondary N) is 1. The van der Waals surface area contributed by atoms with E-state index >= 15 is 0 Å². The molecule has 126 valence electrons. The van der Waals surface area contributed by atoms with Gasteiger partial charge < -0.3 is 15.6 Å². The van der Waals surface area contributed by atoms with Gasteiger partial charge in [0.1, 0.15) is 5.69 Å². The van der Waals surface area contributed by atoms with E-state index in [1.54, 1.807) is 23.9 Å². The molecule has 0 saturated carbocycles. The lowest BCUT2D eigenvalue weighted by atomic mass is 9.99. The smallest absolute Gasteiger partial charge is 0.265 e. The van der Waals surface area contributed by atoms with Gasteiger partial charge in [-0.3, -0.25) is 14.5 Å². The molecule has 0 aliphatic carbocycles. The lowest BCUT2D eigenvalue weighted by Crippen LogP contribution is -2.44. The first-order chi connectivity index (χ1) is 11.5. The minimum Gasteiger partial charge on any atom is -0.364 e. The molecule has 3 rings (SSSR count). The van der Waals surface area contributed by atoms with Crippen LogP contribution in [-0.4, -0.2) is 33.9 Å². The van der Waals surface area contributed by atoms with E-state index in [0.717, 1.165) is 19.5 Å². The second-order valence-electron chi connectivity index (χ2n) is 6.24. The molecule has 24 heavy (non-hydrogen) atoms. The third-order valence-corrected chi connectivity index (χ3v) is 4.61. The molecule has 0 radical (unpaired) electrons. The summed E-state index contributed by atoms with van der Waals surface area (Å²) in [6.45, 7) is 3.53. The van der Waals surface area contributed by atoms with E-state index in [-0.39, 0.29) is 11.9 Å². The second-order valence-corrected chi connectivity index (χ2v) is 6.24. The first-order valence-corrected chi connectivity index (χ1v) is 8.03. The Bertz CT molecular complexity index is 781. The zero-order chi connectivity index (χ0) is 17.3. The summed E-state index contributed by atoms with van der Waals surface area (Å²) < 4.78 is 1.61. The van der Waals surface area contributed by atoms with Gasteiger partial charge in [-0.05, 0) is 30.5 Å². The molecule has 1 aliphatic heterocycles. The largest absolute Gasteiger partial charge is 0.364 e. The normalized spacial score (nSPS) is 15.6. The van der Waals surface area contributed by atoms with Crippen molar-refractivity contribution in [1.29, 1.82) is 0 Å². The van der Waals surface area contributed by atoms with Crippen molar-refractivity contribution in [1.82, 2.24) is 9.47 Å². The number of hydrogen-bond donors (Lipinski definition) is 2. The standard InChI is InChI=1S/C18H22N4O2/c1-12(22-8-7-13-5-3-4-6-14(13)10-22)18(24)20-15-9-16(17(19)23)21(2)11-15/h3-6,9,11-12H,7-8,10H2,1-2H3,(H2,19,23)(H,20,24)/t12-/m0/s1. The fourth-order valence-electron chi connectivity index (χ4n) is 3.14. The van der Waals surface area contributed by atoms with Gasteiger partial charge in [-0.2, -0.15) is 0 Å². The summed E-state index contributed by atoms with van der Waals surface area (Å²) in [5.41, 5.74) is 8.88. The maximum atomic E-state index is 12.5. The molecule has 6 heteroatoms. The Kier molecular flexibility index (Phi) is 4.40. The van der Waals surface area contributed by atoms with Gasteiger partial charge in [-0.1, -0.05) is 24.3 Å². The lowest BCUT2D eigenvalue weighted by molar-refractivity contribution is -0.121. The Hall–Kier alpha value is -2.60. The van der Waals surface area contributed by atoms with E-state index in [4.69, 9.17) is 5.73 Å².